The van der Waals surface area contributed by atoms with Crippen LogP contribution in [0, 0.1) is 3.70 Å². The van der Waals surface area contributed by atoms with Gasteiger partial charge >= 0.3 is 6.36 Å². The fourth-order valence-corrected chi connectivity index (χ4v) is 3.04. The van der Waals surface area contributed by atoms with Gasteiger partial charge < -0.3 is 9.47 Å². The number of rotatable bonds is 3. The van der Waals surface area contributed by atoms with Crippen molar-refractivity contribution in [2.24, 2.45) is 5.14 Å². The van der Waals surface area contributed by atoms with Crippen molar-refractivity contribution in [3.8, 4) is 11.5 Å². The Kier molecular flexibility index (Phi) is 4.27. The molecule has 1 rings (SSSR count). The lowest BCUT2D eigenvalue weighted by Gasteiger charge is -2.15. The third-order valence-corrected chi connectivity index (χ3v) is 3.77. The Hall–Kier alpha value is -0.820. The van der Waals surface area contributed by atoms with Gasteiger partial charge in [-0.15, -0.1) is 13.2 Å². The Labute approximate surface area is 113 Å². The first-order chi connectivity index (χ1) is 8.06. The zero-order valence-electron chi connectivity index (χ0n) is 8.66. The topological polar surface area (TPSA) is 91.5 Å². The molecule has 1 heterocycles. The van der Waals surface area contributed by atoms with Gasteiger partial charge in [0.1, 0.15) is 3.70 Å². The smallest absolute Gasteiger partial charge is 0.491 e. The minimum Gasteiger partial charge on any atom is -0.491 e. The molecule has 0 unspecified atom stereocenters. The molecular formula is C7H6F3IN2O4S. The SMILES string of the molecule is COc1cnc(I)c(S(N)(=O)=O)c1OC(F)(F)F. The average Bonchev–Trinajstić information content (AvgIpc) is 2.13. The molecule has 6 nitrogen and oxygen atoms in total. The molecule has 1 aromatic rings. The quantitative estimate of drug-likeness (QED) is 0.611. The molecule has 11 heteroatoms. The number of pyridine rings is 1. The lowest BCUT2D eigenvalue weighted by atomic mass is 10.4. The summed E-state index contributed by atoms with van der Waals surface area (Å²) < 4.78 is 67.1. The molecule has 0 aliphatic carbocycles. The Morgan fingerprint density at radius 3 is 2.39 bits per heavy atom. The van der Waals surface area contributed by atoms with Crippen LogP contribution in [0.1, 0.15) is 0 Å². The van der Waals surface area contributed by atoms with E-state index in [0.717, 1.165) is 13.3 Å². The van der Waals surface area contributed by atoms with Gasteiger partial charge in [-0.1, -0.05) is 0 Å². The Morgan fingerprint density at radius 1 is 1.44 bits per heavy atom. The number of nitrogens with two attached hydrogens (primary N) is 1. The van der Waals surface area contributed by atoms with Gasteiger partial charge in [0, 0.05) is 0 Å². The number of ether oxygens (including phenoxy) is 2. The minimum absolute atomic E-state index is 0.254. The van der Waals surface area contributed by atoms with E-state index in [0.29, 0.717) is 0 Å². The maximum atomic E-state index is 12.2. The van der Waals surface area contributed by atoms with Gasteiger partial charge in [-0.05, 0) is 22.6 Å². The number of hydrogen-bond donors (Lipinski definition) is 1. The van der Waals surface area contributed by atoms with E-state index in [1.165, 1.54) is 22.6 Å². The van der Waals surface area contributed by atoms with E-state index in [9.17, 15) is 21.6 Å². The van der Waals surface area contributed by atoms with E-state index in [1.54, 1.807) is 0 Å². The maximum Gasteiger partial charge on any atom is 0.573 e. The molecule has 102 valence electrons. The summed E-state index contributed by atoms with van der Waals surface area (Å²) in [7, 11) is -3.40. The molecule has 2 N–H and O–H groups in total. The van der Waals surface area contributed by atoms with Crippen LogP contribution in [0.2, 0.25) is 0 Å². The van der Waals surface area contributed by atoms with Crippen molar-refractivity contribution in [3.05, 3.63) is 9.90 Å². The van der Waals surface area contributed by atoms with Crippen molar-refractivity contribution in [1.29, 1.82) is 0 Å². The summed E-state index contributed by atoms with van der Waals surface area (Å²) in [5.74, 6) is -1.52. The number of hydrogen-bond acceptors (Lipinski definition) is 5. The van der Waals surface area contributed by atoms with Gasteiger partial charge in [0.05, 0.1) is 13.3 Å². The van der Waals surface area contributed by atoms with Crippen LogP contribution in [0.4, 0.5) is 13.2 Å². The fraction of sp³-hybridized carbons (Fsp3) is 0.286. The summed E-state index contributed by atoms with van der Waals surface area (Å²) in [4.78, 5) is 2.69. The number of nitrogens with zero attached hydrogens (tertiary/aromatic N) is 1. The average molecular weight is 398 g/mol. The van der Waals surface area contributed by atoms with E-state index in [1.807, 2.05) is 0 Å². The van der Waals surface area contributed by atoms with Crippen LogP contribution in [-0.4, -0.2) is 26.9 Å². The first-order valence-corrected chi connectivity index (χ1v) is 6.70. The normalized spacial score (nSPS) is 12.3. The number of halogens is 4. The van der Waals surface area contributed by atoms with Gasteiger partial charge in [-0.2, -0.15) is 0 Å². The second-order valence-electron chi connectivity index (χ2n) is 2.87. The second-order valence-corrected chi connectivity index (χ2v) is 5.39. The number of aromatic nitrogens is 1. The van der Waals surface area contributed by atoms with Crippen LogP contribution in [0.15, 0.2) is 11.1 Å². The summed E-state index contributed by atoms with van der Waals surface area (Å²) in [5, 5.41) is 4.83. The van der Waals surface area contributed by atoms with Crippen molar-refractivity contribution in [1.82, 2.24) is 4.98 Å². The van der Waals surface area contributed by atoms with E-state index in [-0.39, 0.29) is 3.70 Å². The van der Waals surface area contributed by atoms with E-state index < -0.39 is 32.8 Å². The van der Waals surface area contributed by atoms with Crippen LogP contribution in [0.25, 0.3) is 0 Å². The van der Waals surface area contributed by atoms with E-state index >= 15 is 0 Å². The van der Waals surface area contributed by atoms with Crippen molar-refractivity contribution in [3.63, 3.8) is 0 Å². The van der Waals surface area contributed by atoms with Gasteiger partial charge in [-0.25, -0.2) is 18.5 Å². The molecule has 0 radical (unpaired) electrons. The monoisotopic (exact) mass is 398 g/mol. The number of alkyl halides is 3. The molecule has 0 saturated carbocycles. The number of methoxy groups -OCH3 is 1. The third kappa shape index (κ3) is 3.58. The molecule has 0 fully saturated rings. The molecule has 0 amide bonds. The highest BCUT2D eigenvalue weighted by Crippen LogP contribution is 2.38. The molecule has 0 aliphatic heterocycles. The summed E-state index contributed by atoms with van der Waals surface area (Å²) in [5.41, 5.74) is 0. The highest BCUT2D eigenvalue weighted by molar-refractivity contribution is 14.1. The van der Waals surface area contributed by atoms with Crippen LogP contribution in [-0.2, 0) is 10.0 Å². The van der Waals surface area contributed by atoms with Gasteiger partial charge in [0.15, 0.2) is 16.4 Å². The lowest BCUT2D eigenvalue weighted by molar-refractivity contribution is -0.276. The second kappa shape index (κ2) is 5.05. The zero-order valence-corrected chi connectivity index (χ0v) is 11.6. The maximum absolute atomic E-state index is 12.2. The third-order valence-electron chi connectivity index (χ3n) is 1.63. The number of sulfonamides is 1. The first kappa shape index (κ1) is 15.2. The van der Waals surface area contributed by atoms with Crippen molar-refractivity contribution in [2.75, 3.05) is 7.11 Å². The van der Waals surface area contributed by atoms with E-state index in [2.05, 4.69) is 14.5 Å². The van der Waals surface area contributed by atoms with Crippen LogP contribution in [0.3, 0.4) is 0 Å². The Balaban J connectivity index is 3.57. The molecular weight excluding hydrogens is 392 g/mol. The molecule has 0 aromatic carbocycles. The highest BCUT2D eigenvalue weighted by atomic mass is 127. The summed E-state index contributed by atoms with van der Waals surface area (Å²) in [6.45, 7) is 0. The molecule has 1 aromatic heterocycles. The molecule has 0 saturated heterocycles. The Morgan fingerprint density at radius 2 is 2.00 bits per heavy atom. The fourth-order valence-electron chi connectivity index (χ4n) is 1.04. The van der Waals surface area contributed by atoms with Gasteiger partial charge in [-0.3, -0.25) is 0 Å². The molecule has 0 atom stereocenters. The molecule has 0 aliphatic rings. The predicted octanol–water partition coefficient (Wildman–Crippen LogP) is 1.24. The number of primary sulfonamides is 1. The van der Waals surface area contributed by atoms with Crippen LogP contribution < -0.4 is 14.6 Å². The minimum atomic E-state index is -5.09. The first-order valence-electron chi connectivity index (χ1n) is 4.07. The largest absolute Gasteiger partial charge is 0.573 e. The Bertz CT molecular complexity index is 561. The van der Waals surface area contributed by atoms with E-state index in [4.69, 9.17) is 5.14 Å². The van der Waals surface area contributed by atoms with Crippen LogP contribution >= 0.6 is 22.6 Å². The van der Waals surface area contributed by atoms with Crippen molar-refractivity contribution < 1.29 is 31.1 Å². The van der Waals surface area contributed by atoms with Gasteiger partial charge in [0.2, 0.25) is 10.0 Å². The predicted molar refractivity (Wildman–Crippen MR) is 61.6 cm³/mol. The standard InChI is InChI=1S/C7H6F3IN2O4S/c1-16-3-2-13-6(11)5(18(12,14)15)4(3)17-7(8,9)10/h2H,1H3,(H2,12,14,15). The molecule has 0 bridgehead atoms. The highest BCUT2D eigenvalue weighted by Gasteiger charge is 2.36. The van der Waals surface area contributed by atoms with Crippen molar-refractivity contribution >= 4 is 32.6 Å². The zero-order chi connectivity index (χ0) is 14.1. The summed E-state index contributed by atoms with van der Waals surface area (Å²) in [6.07, 6.45) is -4.19. The summed E-state index contributed by atoms with van der Waals surface area (Å²) >= 11 is 1.42. The van der Waals surface area contributed by atoms with Crippen LogP contribution in [0.5, 0.6) is 11.5 Å². The molecule has 0 spiro atoms. The lowest BCUT2D eigenvalue weighted by Crippen LogP contribution is -2.22. The summed E-state index contributed by atoms with van der Waals surface area (Å²) in [6, 6.07) is 0. The van der Waals surface area contributed by atoms with Gasteiger partial charge in [0.25, 0.3) is 0 Å². The van der Waals surface area contributed by atoms with Crippen molar-refractivity contribution in [2.45, 2.75) is 11.3 Å². The molecule has 18 heavy (non-hydrogen) atoms.